The first kappa shape index (κ1) is 19.6. The van der Waals surface area contributed by atoms with Crippen LogP contribution in [0, 0.1) is 11.3 Å². The smallest absolute Gasteiger partial charge is 0.225 e. The Morgan fingerprint density at radius 1 is 1.15 bits per heavy atom. The Balaban J connectivity index is 1.74. The number of benzene rings is 1. The number of nitrogens with zero attached hydrogens (tertiary/aromatic N) is 1. The third-order valence-corrected chi connectivity index (χ3v) is 6.56. The van der Waals surface area contributed by atoms with Crippen LogP contribution in [0.2, 0.25) is 0 Å². The van der Waals surface area contributed by atoms with E-state index in [1.807, 2.05) is 18.7 Å². The van der Waals surface area contributed by atoms with E-state index in [0.717, 1.165) is 18.4 Å². The van der Waals surface area contributed by atoms with Crippen molar-refractivity contribution in [3.8, 4) is 11.1 Å². The average Bonchev–Trinajstić information content (AvgIpc) is 3.34. The Morgan fingerprint density at radius 3 is 2.41 bits per heavy atom. The van der Waals surface area contributed by atoms with Gasteiger partial charge in [0, 0.05) is 19.0 Å². The molecule has 27 heavy (non-hydrogen) atoms. The second-order valence-corrected chi connectivity index (χ2v) is 8.33. The van der Waals surface area contributed by atoms with Crippen molar-refractivity contribution in [3.63, 3.8) is 0 Å². The van der Waals surface area contributed by atoms with Crippen LogP contribution in [-0.2, 0) is 16.0 Å². The van der Waals surface area contributed by atoms with Gasteiger partial charge in [0.2, 0.25) is 11.8 Å². The number of nitrogens with two attached hydrogens (primary N) is 1. The van der Waals surface area contributed by atoms with Gasteiger partial charge in [-0.3, -0.25) is 9.59 Å². The van der Waals surface area contributed by atoms with Crippen LogP contribution in [0.5, 0.6) is 0 Å². The summed E-state index contributed by atoms with van der Waals surface area (Å²) in [5.74, 6) is -0.0984. The van der Waals surface area contributed by atoms with E-state index < -0.39 is 5.41 Å². The van der Waals surface area contributed by atoms with E-state index in [1.165, 1.54) is 11.1 Å². The van der Waals surface area contributed by atoms with Crippen LogP contribution in [-0.4, -0.2) is 29.8 Å². The van der Waals surface area contributed by atoms with Gasteiger partial charge in [-0.2, -0.15) is 11.3 Å². The van der Waals surface area contributed by atoms with E-state index in [-0.39, 0.29) is 17.7 Å². The lowest BCUT2D eigenvalue weighted by molar-refractivity contribution is -0.135. The molecule has 2 N–H and O–H groups in total. The maximum Gasteiger partial charge on any atom is 0.225 e. The van der Waals surface area contributed by atoms with Crippen molar-refractivity contribution in [2.24, 2.45) is 17.1 Å². The lowest BCUT2D eigenvalue weighted by Crippen LogP contribution is -2.43. The lowest BCUT2D eigenvalue weighted by Gasteiger charge is -2.27. The van der Waals surface area contributed by atoms with Gasteiger partial charge < -0.3 is 10.6 Å². The second-order valence-electron chi connectivity index (χ2n) is 7.55. The van der Waals surface area contributed by atoms with Gasteiger partial charge in [0.1, 0.15) is 0 Å². The molecule has 3 rings (SSSR count). The normalized spacial score (nSPS) is 19.6. The van der Waals surface area contributed by atoms with Crippen molar-refractivity contribution in [2.75, 3.05) is 13.1 Å². The highest BCUT2D eigenvalue weighted by Gasteiger charge is 2.45. The third kappa shape index (κ3) is 4.08. The fourth-order valence-electron chi connectivity index (χ4n) is 4.02. The van der Waals surface area contributed by atoms with Crippen LogP contribution in [0.1, 0.15) is 38.7 Å². The lowest BCUT2D eigenvalue weighted by atomic mass is 9.80. The summed E-state index contributed by atoms with van der Waals surface area (Å²) in [5.41, 5.74) is 8.62. The summed E-state index contributed by atoms with van der Waals surface area (Å²) >= 11 is 1.68. The number of likely N-dealkylation sites (tertiary alicyclic amines) is 1. The molecule has 0 unspecified atom stereocenters. The minimum absolute atomic E-state index is 0.0403. The first-order valence-electron chi connectivity index (χ1n) is 9.69. The van der Waals surface area contributed by atoms with E-state index in [0.29, 0.717) is 25.9 Å². The van der Waals surface area contributed by atoms with E-state index in [2.05, 4.69) is 41.1 Å². The van der Waals surface area contributed by atoms with Gasteiger partial charge in [0.25, 0.3) is 0 Å². The zero-order valence-corrected chi connectivity index (χ0v) is 16.9. The van der Waals surface area contributed by atoms with Gasteiger partial charge in [-0.1, -0.05) is 38.1 Å². The standard InChI is InChI=1S/C22H28N2O2S/c1-3-17(4-2)20(25)24-11-10-22(15-24,21(23)26)13-16-5-7-18(8-6-16)19-9-12-27-14-19/h5-9,12,14,17H,3-4,10-11,13,15H2,1-2H3,(H2,23,26)/t22-/m1/s1. The molecule has 144 valence electrons. The van der Waals surface area contributed by atoms with Crippen LogP contribution in [0.3, 0.4) is 0 Å². The molecule has 1 aromatic heterocycles. The molecule has 4 nitrogen and oxygen atoms in total. The highest BCUT2D eigenvalue weighted by molar-refractivity contribution is 7.08. The minimum Gasteiger partial charge on any atom is -0.369 e. The zero-order chi connectivity index (χ0) is 19.4. The number of carbonyl (C=O) groups is 2. The van der Waals surface area contributed by atoms with Crippen molar-refractivity contribution in [1.29, 1.82) is 0 Å². The first-order valence-corrected chi connectivity index (χ1v) is 10.6. The molecule has 1 aliphatic rings. The van der Waals surface area contributed by atoms with Crippen LogP contribution < -0.4 is 5.73 Å². The van der Waals surface area contributed by atoms with Gasteiger partial charge in [-0.15, -0.1) is 0 Å². The van der Waals surface area contributed by atoms with Gasteiger partial charge in [-0.25, -0.2) is 0 Å². The summed E-state index contributed by atoms with van der Waals surface area (Å²) in [4.78, 5) is 26.9. The maximum absolute atomic E-state index is 12.7. The largest absolute Gasteiger partial charge is 0.369 e. The molecule has 1 aliphatic heterocycles. The first-order chi connectivity index (χ1) is 13.0. The van der Waals surface area contributed by atoms with Gasteiger partial charge >= 0.3 is 0 Å². The number of carbonyl (C=O) groups excluding carboxylic acids is 2. The molecular weight excluding hydrogens is 356 g/mol. The second kappa shape index (κ2) is 8.26. The summed E-state index contributed by atoms with van der Waals surface area (Å²) in [6.45, 7) is 5.13. The van der Waals surface area contributed by atoms with E-state index >= 15 is 0 Å². The molecule has 0 spiro atoms. The molecule has 1 fully saturated rings. The summed E-state index contributed by atoms with van der Waals surface area (Å²) in [5, 5.41) is 4.19. The molecule has 2 aromatic rings. The minimum atomic E-state index is -0.661. The van der Waals surface area contributed by atoms with Crippen molar-refractivity contribution >= 4 is 23.2 Å². The SMILES string of the molecule is CCC(CC)C(=O)N1CC[C@](Cc2ccc(-c3ccsc3)cc2)(C(N)=O)C1. The predicted molar refractivity (Wildman–Crippen MR) is 110 cm³/mol. The average molecular weight is 385 g/mol. The molecule has 1 aromatic carbocycles. The number of thiophene rings is 1. The van der Waals surface area contributed by atoms with E-state index in [4.69, 9.17) is 5.73 Å². The molecule has 2 heterocycles. The molecule has 1 saturated heterocycles. The fourth-order valence-corrected chi connectivity index (χ4v) is 4.69. The monoisotopic (exact) mass is 384 g/mol. The van der Waals surface area contributed by atoms with Gasteiger partial charge in [0.05, 0.1) is 5.41 Å². The Bertz CT molecular complexity index is 781. The summed E-state index contributed by atoms with van der Waals surface area (Å²) < 4.78 is 0. The third-order valence-electron chi connectivity index (χ3n) is 5.87. The van der Waals surface area contributed by atoms with E-state index in [9.17, 15) is 9.59 Å². The number of hydrogen-bond acceptors (Lipinski definition) is 3. The number of hydrogen-bond donors (Lipinski definition) is 1. The topological polar surface area (TPSA) is 63.4 Å². The fraction of sp³-hybridized carbons (Fsp3) is 0.455. The van der Waals surface area contributed by atoms with Crippen molar-refractivity contribution < 1.29 is 9.59 Å². The Labute approximate surface area is 165 Å². The summed E-state index contributed by atoms with van der Waals surface area (Å²) in [6, 6.07) is 10.4. The summed E-state index contributed by atoms with van der Waals surface area (Å²) in [6.07, 6.45) is 2.89. The molecule has 1 atom stereocenters. The molecule has 0 bridgehead atoms. The Hall–Kier alpha value is -2.14. The van der Waals surface area contributed by atoms with Crippen LogP contribution >= 0.6 is 11.3 Å². The highest BCUT2D eigenvalue weighted by Crippen LogP contribution is 2.36. The van der Waals surface area contributed by atoms with Crippen LogP contribution in [0.15, 0.2) is 41.1 Å². The van der Waals surface area contributed by atoms with E-state index in [1.54, 1.807) is 11.3 Å². The molecular formula is C22H28N2O2S. The van der Waals surface area contributed by atoms with Crippen LogP contribution in [0.4, 0.5) is 0 Å². The quantitative estimate of drug-likeness (QED) is 0.781. The molecule has 0 radical (unpaired) electrons. The zero-order valence-electron chi connectivity index (χ0n) is 16.1. The number of amides is 2. The number of rotatable bonds is 7. The van der Waals surface area contributed by atoms with Crippen molar-refractivity contribution in [3.05, 3.63) is 46.7 Å². The molecule has 2 amide bonds. The highest BCUT2D eigenvalue weighted by atomic mass is 32.1. The number of primary amides is 1. The maximum atomic E-state index is 12.7. The summed E-state index contributed by atoms with van der Waals surface area (Å²) in [7, 11) is 0. The molecule has 5 heteroatoms. The van der Waals surface area contributed by atoms with Crippen molar-refractivity contribution in [2.45, 2.75) is 39.5 Å². The van der Waals surface area contributed by atoms with Gasteiger partial charge in [0.15, 0.2) is 0 Å². The van der Waals surface area contributed by atoms with Gasteiger partial charge in [-0.05, 0) is 59.2 Å². The van der Waals surface area contributed by atoms with Crippen LogP contribution in [0.25, 0.3) is 11.1 Å². The Morgan fingerprint density at radius 2 is 1.85 bits per heavy atom. The predicted octanol–water partition coefficient (Wildman–Crippen LogP) is 4.10. The van der Waals surface area contributed by atoms with Crippen molar-refractivity contribution in [1.82, 2.24) is 4.90 Å². The molecule has 0 aliphatic carbocycles. The molecule has 0 saturated carbocycles. The Kier molecular flexibility index (Phi) is 6.00.